The van der Waals surface area contributed by atoms with E-state index in [0.717, 1.165) is 12.3 Å². The average Bonchev–Trinajstić information content (AvgIpc) is 2.84. The zero-order valence-corrected chi connectivity index (χ0v) is 11.1. The summed E-state index contributed by atoms with van der Waals surface area (Å²) in [7, 11) is 0. The Hall–Kier alpha value is -2.45. The third-order valence-electron chi connectivity index (χ3n) is 2.60. The molecule has 112 valence electrons. The molecule has 0 aliphatic carbocycles. The van der Waals surface area contributed by atoms with E-state index in [1.807, 2.05) is 0 Å². The number of carbonyl (C=O) groups is 1. The van der Waals surface area contributed by atoms with Gasteiger partial charge in [0.05, 0.1) is 11.6 Å². The third-order valence-corrected chi connectivity index (χ3v) is 2.60. The number of pyridine rings is 1. The largest absolute Gasteiger partial charge is 0.434 e. The number of amides is 1. The van der Waals surface area contributed by atoms with Crippen molar-refractivity contribution in [3.05, 3.63) is 41.3 Å². The normalized spacial score (nSPS) is 13.0. The Morgan fingerprint density at radius 1 is 1.43 bits per heavy atom. The molecule has 0 radical (unpaired) electrons. The maximum absolute atomic E-state index is 12.8. The predicted molar refractivity (Wildman–Crippen MR) is 64.2 cm³/mol. The molecule has 2 aromatic heterocycles. The second-order valence-electron chi connectivity index (χ2n) is 4.26. The second-order valence-corrected chi connectivity index (χ2v) is 4.26. The number of carbonyl (C=O) groups excluding carboxylic acids is 1. The summed E-state index contributed by atoms with van der Waals surface area (Å²) < 4.78 is 43.1. The molecular weight excluding hydrogens is 289 g/mol. The van der Waals surface area contributed by atoms with Crippen molar-refractivity contribution in [2.45, 2.75) is 26.1 Å². The van der Waals surface area contributed by atoms with E-state index in [9.17, 15) is 18.0 Å². The molecule has 1 N–H and O–H groups in total. The fraction of sp³-hybridized carbons (Fsp3) is 0.333. The molecule has 2 rings (SSSR count). The van der Waals surface area contributed by atoms with E-state index in [1.54, 1.807) is 6.92 Å². The van der Waals surface area contributed by atoms with Crippen LogP contribution in [-0.4, -0.2) is 21.0 Å². The fourth-order valence-corrected chi connectivity index (χ4v) is 1.64. The van der Waals surface area contributed by atoms with Crippen LogP contribution < -0.4 is 5.32 Å². The lowest BCUT2D eigenvalue weighted by molar-refractivity contribution is -0.141. The van der Waals surface area contributed by atoms with Crippen molar-refractivity contribution < 1.29 is 22.5 Å². The number of aryl methyl sites for hydroxylation is 1. The van der Waals surface area contributed by atoms with Crippen LogP contribution in [0.15, 0.2) is 22.9 Å². The molecule has 0 unspecified atom stereocenters. The van der Waals surface area contributed by atoms with E-state index in [-0.39, 0.29) is 5.82 Å². The Labute approximate surface area is 117 Å². The van der Waals surface area contributed by atoms with Crippen LogP contribution in [0.2, 0.25) is 0 Å². The Balaban J connectivity index is 2.21. The molecule has 1 atom stereocenters. The molecule has 0 aliphatic heterocycles. The van der Waals surface area contributed by atoms with Gasteiger partial charge in [0.25, 0.3) is 5.91 Å². The van der Waals surface area contributed by atoms with Crippen LogP contribution >= 0.6 is 0 Å². The van der Waals surface area contributed by atoms with Gasteiger partial charge in [0, 0.05) is 13.1 Å². The Bertz CT molecular complexity index is 654. The lowest BCUT2D eigenvalue weighted by Gasteiger charge is -2.13. The van der Waals surface area contributed by atoms with Gasteiger partial charge in [-0.05, 0) is 19.1 Å². The highest BCUT2D eigenvalue weighted by molar-refractivity contribution is 5.95. The fourth-order valence-electron chi connectivity index (χ4n) is 1.64. The number of nitrogens with zero attached hydrogens (tertiary/aromatic N) is 3. The summed E-state index contributed by atoms with van der Waals surface area (Å²) >= 11 is 0. The quantitative estimate of drug-likeness (QED) is 0.940. The van der Waals surface area contributed by atoms with E-state index in [1.165, 1.54) is 13.0 Å². The minimum Gasteiger partial charge on any atom is -0.342 e. The maximum atomic E-state index is 12.8. The van der Waals surface area contributed by atoms with Gasteiger partial charge in [-0.3, -0.25) is 9.78 Å². The van der Waals surface area contributed by atoms with Gasteiger partial charge in [-0.1, -0.05) is 5.16 Å². The van der Waals surface area contributed by atoms with Crippen molar-refractivity contribution in [3.8, 4) is 0 Å². The molecule has 2 heterocycles. The number of halogens is 3. The third kappa shape index (κ3) is 3.36. The SMILES string of the molecule is Cc1nc([C@@H](C)NC(=O)c2cccnc2C(F)(F)F)no1. The van der Waals surface area contributed by atoms with Crippen LogP contribution in [0.1, 0.15) is 40.7 Å². The van der Waals surface area contributed by atoms with Crippen LogP contribution in [0.3, 0.4) is 0 Å². The zero-order chi connectivity index (χ0) is 15.6. The van der Waals surface area contributed by atoms with Gasteiger partial charge >= 0.3 is 6.18 Å². The van der Waals surface area contributed by atoms with E-state index < -0.39 is 29.4 Å². The summed E-state index contributed by atoms with van der Waals surface area (Å²) in [5.41, 5.74) is -1.80. The molecule has 0 saturated carbocycles. The summed E-state index contributed by atoms with van der Waals surface area (Å²) in [6.07, 6.45) is -3.73. The lowest BCUT2D eigenvalue weighted by Crippen LogP contribution is -2.29. The van der Waals surface area contributed by atoms with Crippen molar-refractivity contribution >= 4 is 5.91 Å². The summed E-state index contributed by atoms with van der Waals surface area (Å²) in [5.74, 6) is -0.438. The highest BCUT2D eigenvalue weighted by Gasteiger charge is 2.37. The Morgan fingerprint density at radius 2 is 2.14 bits per heavy atom. The molecular formula is C12H11F3N4O2. The lowest BCUT2D eigenvalue weighted by atomic mass is 10.1. The van der Waals surface area contributed by atoms with Crippen LogP contribution in [0, 0.1) is 6.92 Å². The van der Waals surface area contributed by atoms with Gasteiger partial charge < -0.3 is 9.84 Å². The topological polar surface area (TPSA) is 80.9 Å². The first-order chi connectivity index (χ1) is 9.79. The molecule has 0 fully saturated rings. The van der Waals surface area contributed by atoms with Gasteiger partial charge in [0.15, 0.2) is 11.5 Å². The van der Waals surface area contributed by atoms with Crippen LogP contribution in [0.5, 0.6) is 0 Å². The molecule has 21 heavy (non-hydrogen) atoms. The molecule has 2 aromatic rings. The van der Waals surface area contributed by atoms with Gasteiger partial charge in [0.2, 0.25) is 5.89 Å². The minimum atomic E-state index is -4.71. The van der Waals surface area contributed by atoms with Crippen molar-refractivity contribution in [1.82, 2.24) is 20.4 Å². The van der Waals surface area contributed by atoms with Gasteiger partial charge in [-0.15, -0.1) is 0 Å². The monoisotopic (exact) mass is 300 g/mol. The molecule has 0 spiro atoms. The molecule has 0 aliphatic rings. The summed E-state index contributed by atoms with van der Waals surface area (Å²) in [6, 6.07) is 1.61. The van der Waals surface area contributed by atoms with Crippen LogP contribution in [0.25, 0.3) is 0 Å². The molecule has 9 heteroatoms. The summed E-state index contributed by atoms with van der Waals surface area (Å²) in [6.45, 7) is 3.10. The molecule has 0 aromatic carbocycles. The first-order valence-electron chi connectivity index (χ1n) is 5.92. The number of hydrogen-bond donors (Lipinski definition) is 1. The smallest absolute Gasteiger partial charge is 0.342 e. The number of rotatable bonds is 3. The molecule has 6 nitrogen and oxygen atoms in total. The van der Waals surface area contributed by atoms with Gasteiger partial charge in [-0.2, -0.15) is 18.2 Å². The second kappa shape index (κ2) is 5.51. The first kappa shape index (κ1) is 14.9. The van der Waals surface area contributed by atoms with Crippen LogP contribution in [0.4, 0.5) is 13.2 Å². The first-order valence-corrected chi connectivity index (χ1v) is 5.92. The van der Waals surface area contributed by atoms with E-state index in [0.29, 0.717) is 5.89 Å². The number of nitrogens with one attached hydrogen (secondary N) is 1. The number of alkyl halides is 3. The van der Waals surface area contributed by atoms with Crippen molar-refractivity contribution in [2.75, 3.05) is 0 Å². The van der Waals surface area contributed by atoms with Crippen molar-refractivity contribution in [2.24, 2.45) is 0 Å². The highest BCUT2D eigenvalue weighted by Crippen LogP contribution is 2.30. The molecule has 0 saturated heterocycles. The standard InChI is InChI=1S/C12H11F3N4O2/c1-6(10-18-7(2)21-19-10)17-11(20)8-4-3-5-16-9(8)12(13,14)15/h3-6H,1-2H3,(H,17,20)/t6-/m1/s1. The Morgan fingerprint density at radius 3 is 2.71 bits per heavy atom. The summed E-state index contributed by atoms with van der Waals surface area (Å²) in [5, 5.41) is 5.97. The predicted octanol–water partition coefficient (Wildman–Crippen LogP) is 2.28. The average molecular weight is 300 g/mol. The van der Waals surface area contributed by atoms with Gasteiger partial charge in [0.1, 0.15) is 0 Å². The number of hydrogen-bond acceptors (Lipinski definition) is 5. The minimum absolute atomic E-state index is 0.179. The highest BCUT2D eigenvalue weighted by atomic mass is 19.4. The van der Waals surface area contributed by atoms with Gasteiger partial charge in [-0.25, -0.2) is 0 Å². The Kier molecular flexibility index (Phi) is 3.92. The zero-order valence-electron chi connectivity index (χ0n) is 11.1. The number of aromatic nitrogens is 3. The van der Waals surface area contributed by atoms with Crippen molar-refractivity contribution in [1.29, 1.82) is 0 Å². The molecule has 0 bridgehead atoms. The van der Waals surface area contributed by atoms with Crippen molar-refractivity contribution in [3.63, 3.8) is 0 Å². The van der Waals surface area contributed by atoms with Crippen LogP contribution in [-0.2, 0) is 6.18 Å². The van der Waals surface area contributed by atoms with E-state index >= 15 is 0 Å². The van der Waals surface area contributed by atoms with E-state index in [2.05, 4.69) is 20.4 Å². The maximum Gasteiger partial charge on any atom is 0.434 e. The van der Waals surface area contributed by atoms with E-state index in [4.69, 9.17) is 4.52 Å². The molecule has 1 amide bonds. The summed E-state index contributed by atoms with van der Waals surface area (Å²) in [4.78, 5) is 19.1.